The van der Waals surface area contributed by atoms with Crippen LogP contribution in [0.3, 0.4) is 0 Å². The smallest absolute Gasteiger partial charge is 0.185 e. The Bertz CT molecular complexity index is 1090. The van der Waals surface area contributed by atoms with E-state index in [2.05, 4.69) is 20.3 Å². The van der Waals surface area contributed by atoms with E-state index >= 15 is 0 Å². The maximum absolute atomic E-state index is 10.6. The van der Waals surface area contributed by atoms with Crippen LogP contribution in [-0.2, 0) is 0 Å². The maximum atomic E-state index is 10.6. The van der Waals surface area contributed by atoms with Gasteiger partial charge in [-0.3, -0.25) is 0 Å². The standard InChI is InChI=1S/C20H17N5O/c1-12-2-4-13(5-3-12)17-18(26)20(24-11-23-17)25-15-6-7-16-14(10-15)8-9-22-19(16)21/h2-11,26H,1H3,(H2,21,22)(H,23,24,25). The van der Waals surface area contributed by atoms with E-state index in [1.165, 1.54) is 6.33 Å². The van der Waals surface area contributed by atoms with Crippen molar-refractivity contribution >= 4 is 28.1 Å². The number of pyridine rings is 1. The fourth-order valence-corrected chi connectivity index (χ4v) is 2.81. The summed E-state index contributed by atoms with van der Waals surface area (Å²) in [5, 5.41) is 15.6. The Morgan fingerprint density at radius 2 is 1.77 bits per heavy atom. The summed E-state index contributed by atoms with van der Waals surface area (Å²) in [5.41, 5.74) is 9.13. The number of benzene rings is 2. The number of aromatic nitrogens is 3. The number of aryl methyl sites for hydroxylation is 1. The molecule has 0 unspecified atom stereocenters. The van der Waals surface area contributed by atoms with Gasteiger partial charge in [0, 0.05) is 22.8 Å². The van der Waals surface area contributed by atoms with Crippen molar-refractivity contribution in [3.05, 3.63) is 66.6 Å². The second kappa shape index (κ2) is 6.33. The van der Waals surface area contributed by atoms with Gasteiger partial charge in [0.05, 0.1) is 0 Å². The summed E-state index contributed by atoms with van der Waals surface area (Å²) in [6.45, 7) is 2.01. The van der Waals surface area contributed by atoms with Crippen LogP contribution in [0, 0.1) is 6.92 Å². The van der Waals surface area contributed by atoms with Gasteiger partial charge in [-0.05, 0) is 36.6 Å². The molecule has 4 rings (SSSR count). The van der Waals surface area contributed by atoms with E-state index in [0.29, 0.717) is 17.3 Å². The molecule has 0 fully saturated rings. The molecule has 128 valence electrons. The summed E-state index contributed by atoms with van der Waals surface area (Å²) in [4.78, 5) is 12.5. The van der Waals surface area contributed by atoms with E-state index < -0.39 is 0 Å². The molecule has 0 radical (unpaired) electrons. The third kappa shape index (κ3) is 2.88. The van der Waals surface area contributed by atoms with Crippen LogP contribution in [0.15, 0.2) is 61.1 Å². The van der Waals surface area contributed by atoms with Gasteiger partial charge in [-0.15, -0.1) is 0 Å². The minimum absolute atomic E-state index is 0.00527. The maximum Gasteiger partial charge on any atom is 0.185 e. The number of rotatable bonds is 3. The Morgan fingerprint density at radius 3 is 2.58 bits per heavy atom. The third-order valence-electron chi connectivity index (χ3n) is 4.21. The van der Waals surface area contributed by atoms with Crippen LogP contribution in [0.2, 0.25) is 0 Å². The second-order valence-corrected chi connectivity index (χ2v) is 6.04. The number of nitrogens with one attached hydrogen (secondary N) is 1. The second-order valence-electron chi connectivity index (χ2n) is 6.04. The number of nitrogens with two attached hydrogens (primary N) is 1. The summed E-state index contributed by atoms with van der Waals surface area (Å²) in [6, 6.07) is 15.4. The molecule has 6 heteroatoms. The van der Waals surface area contributed by atoms with E-state index in [9.17, 15) is 5.11 Å². The van der Waals surface area contributed by atoms with Crippen LogP contribution >= 0.6 is 0 Å². The number of aromatic hydroxyl groups is 1. The van der Waals surface area contributed by atoms with Crippen LogP contribution in [0.5, 0.6) is 5.75 Å². The van der Waals surface area contributed by atoms with E-state index in [4.69, 9.17) is 5.73 Å². The van der Waals surface area contributed by atoms with E-state index in [1.54, 1.807) is 6.20 Å². The van der Waals surface area contributed by atoms with Crippen LogP contribution in [-0.4, -0.2) is 20.1 Å². The van der Waals surface area contributed by atoms with Gasteiger partial charge in [0.1, 0.15) is 17.8 Å². The number of anilines is 3. The Morgan fingerprint density at radius 1 is 0.962 bits per heavy atom. The lowest BCUT2D eigenvalue weighted by Gasteiger charge is -2.11. The van der Waals surface area contributed by atoms with Gasteiger partial charge in [0.15, 0.2) is 11.6 Å². The molecule has 0 aliphatic rings. The summed E-state index contributed by atoms with van der Waals surface area (Å²) in [6.07, 6.45) is 3.10. The van der Waals surface area contributed by atoms with E-state index in [1.807, 2.05) is 55.5 Å². The largest absolute Gasteiger partial charge is 0.503 e. The van der Waals surface area contributed by atoms with Crippen molar-refractivity contribution in [2.24, 2.45) is 0 Å². The molecule has 0 atom stereocenters. The van der Waals surface area contributed by atoms with E-state index in [0.717, 1.165) is 27.6 Å². The van der Waals surface area contributed by atoms with Crippen LogP contribution in [0.1, 0.15) is 5.56 Å². The molecule has 0 aliphatic heterocycles. The van der Waals surface area contributed by atoms with Gasteiger partial charge < -0.3 is 16.2 Å². The fraction of sp³-hybridized carbons (Fsp3) is 0.0500. The number of nitrogen functional groups attached to an aromatic ring is 1. The SMILES string of the molecule is Cc1ccc(-c2ncnc(Nc3ccc4c(N)nccc4c3)c2O)cc1. The first kappa shape index (κ1) is 15.8. The fourth-order valence-electron chi connectivity index (χ4n) is 2.81. The predicted molar refractivity (Wildman–Crippen MR) is 103 cm³/mol. The topological polar surface area (TPSA) is 97.0 Å². The normalized spacial score (nSPS) is 10.8. The molecule has 0 spiro atoms. The van der Waals surface area contributed by atoms with Crippen molar-refractivity contribution in [2.45, 2.75) is 6.92 Å². The zero-order valence-electron chi connectivity index (χ0n) is 14.1. The minimum Gasteiger partial charge on any atom is -0.503 e. The molecule has 0 aliphatic carbocycles. The molecule has 4 aromatic rings. The highest BCUT2D eigenvalue weighted by Crippen LogP contribution is 2.34. The lowest BCUT2D eigenvalue weighted by Crippen LogP contribution is -1.97. The molecular formula is C20H17N5O. The first-order chi connectivity index (χ1) is 12.6. The first-order valence-electron chi connectivity index (χ1n) is 8.14. The summed E-state index contributed by atoms with van der Waals surface area (Å²) >= 11 is 0. The molecule has 0 saturated carbocycles. The van der Waals surface area contributed by atoms with Crippen molar-refractivity contribution < 1.29 is 5.11 Å². The average Bonchev–Trinajstić information content (AvgIpc) is 2.64. The van der Waals surface area contributed by atoms with Gasteiger partial charge in [-0.2, -0.15) is 0 Å². The van der Waals surface area contributed by atoms with Gasteiger partial charge in [0.25, 0.3) is 0 Å². The Kier molecular flexibility index (Phi) is 3.85. The zero-order valence-corrected chi connectivity index (χ0v) is 14.1. The lowest BCUT2D eigenvalue weighted by atomic mass is 10.1. The monoisotopic (exact) mass is 343 g/mol. The summed E-state index contributed by atoms with van der Waals surface area (Å²) in [7, 11) is 0. The Balaban J connectivity index is 1.71. The average molecular weight is 343 g/mol. The highest BCUT2D eigenvalue weighted by atomic mass is 16.3. The quantitative estimate of drug-likeness (QED) is 0.519. The van der Waals surface area contributed by atoms with Gasteiger partial charge >= 0.3 is 0 Å². The van der Waals surface area contributed by atoms with Crippen molar-refractivity contribution in [1.82, 2.24) is 15.0 Å². The number of hydrogen-bond acceptors (Lipinski definition) is 6. The summed E-state index contributed by atoms with van der Waals surface area (Å²) < 4.78 is 0. The molecular weight excluding hydrogens is 326 g/mol. The molecule has 0 bridgehead atoms. The highest BCUT2D eigenvalue weighted by molar-refractivity contribution is 5.93. The molecule has 2 heterocycles. The van der Waals surface area contributed by atoms with Crippen LogP contribution in [0.25, 0.3) is 22.0 Å². The highest BCUT2D eigenvalue weighted by Gasteiger charge is 2.12. The molecule has 26 heavy (non-hydrogen) atoms. The van der Waals surface area contributed by atoms with Gasteiger partial charge in [0.2, 0.25) is 0 Å². The van der Waals surface area contributed by atoms with Crippen molar-refractivity contribution in [2.75, 3.05) is 11.1 Å². The molecule has 0 saturated heterocycles. The minimum atomic E-state index is 0.00527. The third-order valence-corrected chi connectivity index (χ3v) is 4.21. The first-order valence-corrected chi connectivity index (χ1v) is 8.14. The Labute approximate surface area is 150 Å². The van der Waals surface area contributed by atoms with Crippen molar-refractivity contribution in [3.8, 4) is 17.0 Å². The Hall–Kier alpha value is -3.67. The van der Waals surface area contributed by atoms with Crippen molar-refractivity contribution in [1.29, 1.82) is 0 Å². The molecule has 0 amide bonds. The number of fused-ring (bicyclic) bond motifs is 1. The van der Waals surface area contributed by atoms with E-state index in [-0.39, 0.29) is 5.75 Å². The predicted octanol–water partition coefficient (Wildman–Crippen LogP) is 4.03. The molecule has 2 aromatic heterocycles. The molecule has 4 N–H and O–H groups in total. The van der Waals surface area contributed by atoms with Crippen molar-refractivity contribution in [3.63, 3.8) is 0 Å². The summed E-state index contributed by atoms with van der Waals surface area (Å²) in [5.74, 6) is 0.836. The zero-order chi connectivity index (χ0) is 18.1. The van der Waals surface area contributed by atoms with Crippen LogP contribution in [0.4, 0.5) is 17.3 Å². The lowest BCUT2D eigenvalue weighted by molar-refractivity contribution is 0.475. The van der Waals surface area contributed by atoms with Gasteiger partial charge in [-0.1, -0.05) is 29.8 Å². The van der Waals surface area contributed by atoms with Gasteiger partial charge in [-0.25, -0.2) is 15.0 Å². The molecule has 2 aromatic carbocycles. The van der Waals surface area contributed by atoms with Crippen LogP contribution < -0.4 is 11.1 Å². The number of nitrogens with zero attached hydrogens (tertiary/aromatic N) is 3. The molecule has 6 nitrogen and oxygen atoms in total. The number of hydrogen-bond donors (Lipinski definition) is 3.